The molecule has 2 aromatic carbocycles. The molecule has 0 saturated carbocycles. The standard InChI is InChI=1S/C26H18N4O8/c31-23(29-27-13-15-9-11-21(37-15)17-5-1-3-7-19(17)25(33)34)24(32)30-28-14-16-10-12-22(38-16)18-6-2-4-8-20(18)26(35)36/h1-14H,(H,29,31)(H,30,32)(H,33,34)(H,35,36)/b27-13+,28-14+. The van der Waals surface area contributed by atoms with Crippen molar-refractivity contribution in [3.8, 4) is 22.6 Å². The summed E-state index contributed by atoms with van der Waals surface area (Å²) in [4.78, 5) is 46.6. The summed E-state index contributed by atoms with van der Waals surface area (Å²) >= 11 is 0. The van der Waals surface area contributed by atoms with E-state index in [1.807, 2.05) is 10.9 Å². The lowest BCUT2D eigenvalue weighted by Gasteiger charge is -2.02. The topological polar surface area (TPSA) is 184 Å². The molecule has 38 heavy (non-hydrogen) atoms. The summed E-state index contributed by atoms with van der Waals surface area (Å²) in [5.41, 5.74) is 4.89. The summed E-state index contributed by atoms with van der Waals surface area (Å²) in [5, 5.41) is 25.9. The van der Waals surface area contributed by atoms with Crippen LogP contribution < -0.4 is 10.9 Å². The lowest BCUT2D eigenvalue weighted by atomic mass is 10.1. The van der Waals surface area contributed by atoms with Crippen LogP contribution in [0.4, 0.5) is 0 Å². The van der Waals surface area contributed by atoms with Gasteiger partial charge in [0.25, 0.3) is 0 Å². The van der Waals surface area contributed by atoms with Crippen LogP contribution in [0.1, 0.15) is 32.2 Å². The SMILES string of the molecule is O=C(N/N=C/c1ccc(-c2ccccc2C(=O)O)o1)C(=O)N/N=C/c1ccc(-c2ccccc2C(=O)O)o1. The third-order valence-electron chi connectivity index (χ3n) is 5.02. The van der Waals surface area contributed by atoms with Crippen LogP contribution in [0.15, 0.2) is 91.8 Å². The van der Waals surface area contributed by atoms with Gasteiger partial charge in [-0.2, -0.15) is 10.2 Å². The van der Waals surface area contributed by atoms with Crippen LogP contribution in [0.3, 0.4) is 0 Å². The zero-order valence-corrected chi connectivity index (χ0v) is 19.3. The van der Waals surface area contributed by atoms with Gasteiger partial charge in [0.15, 0.2) is 0 Å². The number of rotatable bonds is 8. The number of hydrogen-bond donors (Lipinski definition) is 4. The number of hydrogen-bond acceptors (Lipinski definition) is 8. The van der Waals surface area contributed by atoms with Crippen molar-refractivity contribution in [1.82, 2.24) is 10.9 Å². The molecule has 0 atom stereocenters. The minimum Gasteiger partial charge on any atom is -0.478 e. The van der Waals surface area contributed by atoms with Gasteiger partial charge in [-0.3, -0.25) is 9.59 Å². The third-order valence-corrected chi connectivity index (χ3v) is 5.02. The number of furan rings is 2. The zero-order valence-electron chi connectivity index (χ0n) is 19.3. The van der Waals surface area contributed by atoms with Crippen LogP contribution in [-0.2, 0) is 9.59 Å². The van der Waals surface area contributed by atoms with E-state index in [2.05, 4.69) is 10.2 Å². The van der Waals surface area contributed by atoms with Gasteiger partial charge in [0.05, 0.1) is 23.6 Å². The molecule has 0 fully saturated rings. The Bertz CT molecular complexity index is 1460. The van der Waals surface area contributed by atoms with Crippen molar-refractivity contribution in [3.05, 3.63) is 95.4 Å². The molecule has 12 heteroatoms. The quantitative estimate of drug-likeness (QED) is 0.157. The maximum absolute atomic E-state index is 11.9. The van der Waals surface area contributed by atoms with Gasteiger partial charge < -0.3 is 19.0 Å². The van der Waals surface area contributed by atoms with Crippen molar-refractivity contribution in [1.29, 1.82) is 0 Å². The first-order valence-electron chi connectivity index (χ1n) is 10.8. The van der Waals surface area contributed by atoms with Crippen LogP contribution >= 0.6 is 0 Å². The molecule has 0 bridgehead atoms. The number of amides is 2. The second kappa shape index (κ2) is 11.3. The van der Waals surface area contributed by atoms with Crippen molar-refractivity contribution in [2.75, 3.05) is 0 Å². The Labute approximate surface area is 213 Å². The molecule has 4 aromatic rings. The van der Waals surface area contributed by atoms with Crippen LogP contribution in [-0.4, -0.2) is 46.4 Å². The average Bonchev–Trinajstić information content (AvgIpc) is 3.58. The Kier molecular flexibility index (Phi) is 7.53. The van der Waals surface area contributed by atoms with Crippen molar-refractivity contribution >= 4 is 36.2 Å². The largest absolute Gasteiger partial charge is 0.478 e. The van der Waals surface area contributed by atoms with E-state index in [-0.39, 0.29) is 34.2 Å². The van der Waals surface area contributed by atoms with E-state index in [0.717, 1.165) is 12.4 Å². The first-order chi connectivity index (χ1) is 18.3. The maximum atomic E-state index is 11.9. The Balaban J connectivity index is 1.31. The van der Waals surface area contributed by atoms with Gasteiger partial charge in [-0.25, -0.2) is 20.4 Å². The van der Waals surface area contributed by atoms with Crippen LogP contribution in [0.2, 0.25) is 0 Å². The number of nitrogens with zero attached hydrogens (tertiary/aromatic N) is 2. The number of carboxylic acids is 2. The highest BCUT2D eigenvalue weighted by atomic mass is 16.4. The number of nitrogens with one attached hydrogen (secondary N) is 2. The number of carbonyl (C=O) groups excluding carboxylic acids is 2. The minimum atomic E-state index is -1.11. The van der Waals surface area contributed by atoms with Crippen molar-refractivity contribution in [3.63, 3.8) is 0 Å². The summed E-state index contributed by atoms with van der Waals surface area (Å²) < 4.78 is 11.1. The summed E-state index contributed by atoms with van der Waals surface area (Å²) in [7, 11) is 0. The monoisotopic (exact) mass is 514 g/mol. The third kappa shape index (κ3) is 5.88. The number of benzene rings is 2. The van der Waals surface area contributed by atoms with E-state index >= 15 is 0 Å². The molecule has 0 aliphatic carbocycles. The Morgan fingerprint density at radius 1 is 0.605 bits per heavy atom. The summed E-state index contributed by atoms with van der Waals surface area (Å²) in [5.74, 6) is -3.46. The normalized spacial score (nSPS) is 11.1. The maximum Gasteiger partial charge on any atom is 0.336 e. The van der Waals surface area contributed by atoms with E-state index < -0.39 is 23.8 Å². The Morgan fingerprint density at radius 3 is 1.39 bits per heavy atom. The van der Waals surface area contributed by atoms with E-state index in [4.69, 9.17) is 8.83 Å². The van der Waals surface area contributed by atoms with Crippen LogP contribution in [0, 0.1) is 0 Å². The van der Waals surface area contributed by atoms with Gasteiger partial charge in [-0.05, 0) is 36.4 Å². The Morgan fingerprint density at radius 2 is 1.00 bits per heavy atom. The first kappa shape index (κ1) is 25.3. The average molecular weight is 514 g/mol. The van der Waals surface area contributed by atoms with E-state index in [9.17, 15) is 29.4 Å². The molecule has 0 aliphatic rings. The zero-order chi connectivity index (χ0) is 27.1. The summed E-state index contributed by atoms with van der Waals surface area (Å²) in [6.45, 7) is 0. The van der Waals surface area contributed by atoms with Gasteiger partial charge in [0.2, 0.25) is 0 Å². The predicted octanol–water partition coefficient (Wildman–Crippen LogP) is 3.20. The minimum absolute atomic E-state index is 0.0618. The van der Waals surface area contributed by atoms with Gasteiger partial charge in [0, 0.05) is 11.1 Å². The molecule has 4 N–H and O–H groups in total. The van der Waals surface area contributed by atoms with E-state index in [1.54, 1.807) is 48.5 Å². The second-order valence-corrected chi connectivity index (χ2v) is 7.50. The van der Waals surface area contributed by atoms with Gasteiger partial charge >= 0.3 is 23.8 Å². The Hall–Kier alpha value is -5.78. The molecule has 0 unspecified atom stereocenters. The van der Waals surface area contributed by atoms with Gasteiger partial charge in [-0.1, -0.05) is 36.4 Å². The molecule has 2 amide bonds. The molecule has 2 heterocycles. The van der Waals surface area contributed by atoms with Gasteiger partial charge in [-0.15, -0.1) is 0 Å². The lowest BCUT2D eigenvalue weighted by Crippen LogP contribution is -2.35. The summed E-state index contributed by atoms with van der Waals surface area (Å²) in [6.07, 6.45) is 2.28. The molecule has 12 nitrogen and oxygen atoms in total. The lowest BCUT2D eigenvalue weighted by molar-refractivity contribution is -0.139. The summed E-state index contributed by atoms with van der Waals surface area (Å²) in [6, 6.07) is 18.7. The van der Waals surface area contributed by atoms with E-state index in [1.165, 1.54) is 24.3 Å². The van der Waals surface area contributed by atoms with Gasteiger partial charge in [0.1, 0.15) is 23.0 Å². The predicted molar refractivity (Wildman–Crippen MR) is 134 cm³/mol. The molecular weight excluding hydrogens is 496 g/mol. The van der Waals surface area contributed by atoms with Crippen molar-refractivity contribution < 1.29 is 38.2 Å². The number of hydrazone groups is 2. The fourth-order valence-corrected chi connectivity index (χ4v) is 3.31. The smallest absolute Gasteiger partial charge is 0.336 e. The van der Waals surface area contributed by atoms with Crippen molar-refractivity contribution in [2.45, 2.75) is 0 Å². The highest BCUT2D eigenvalue weighted by Crippen LogP contribution is 2.26. The van der Waals surface area contributed by atoms with Crippen LogP contribution in [0.5, 0.6) is 0 Å². The molecule has 4 rings (SSSR count). The van der Waals surface area contributed by atoms with E-state index in [0.29, 0.717) is 11.1 Å². The highest BCUT2D eigenvalue weighted by Gasteiger charge is 2.15. The molecule has 0 radical (unpaired) electrons. The number of carboxylic acid groups (broad SMARTS) is 2. The first-order valence-corrected chi connectivity index (χ1v) is 10.8. The fraction of sp³-hybridized carbons (Fsp3) is 0. The molecule has 0 spiro atoms. The number of aromatic carboxylic acids is 2. The fourth-order valence-electron chi connectivity index (χ4n) is 3.31. The molecule has 0 aliphatic heterocycles. The molecule has 2 aromatic heterocycles. The molecular formula is C26H18N4O8. The number of carbonyl (C=O) groups is 4. The van der Waals surface area contributed by atoms with Crippen molar-refractivity contribution in [2.24, 2.45) is 10.2 Å². The molecule has 0 saturated heterocycles. The highest BCUT2D eigenvalue weighted by molar-refractivity contribution is 6.35. The second-order valence-electron chi connectivity index (χ2n) is 7.50. The van der Waals surface area contributed by atoms with Crippen LogP contribution in [0.25, 0.3) is 22.6 Å². The molecule has 190 valence electrons.